The molecule has 126 valence electrons. The van der Waals surface area contributed by atoms with E-state index in [1.165, 1.54) is 12.1 Å². The van der Waals surface area contributed by atoms with Crippen LogP contribution >= 0.6 is 0 Å². The zero-order chi connectivity index (χ0) is 17.3. The van der Waals surface area contributed by atoms with E-state index in [9.17, 15) is 13.2 Å². The second-order valence-electron chi connectivity index (χ2n) is 5.73. The van der Waals surface area contributed by atoms with Gasteiger partial charge in [-0.3, -0.25) is 4.79 Å². The van der Waals surface area contributed by atoms with Gasteiger partial charge in [0.05, 0.1) is 17.5 Å². The van der Waals surface area contributed by atoms with Gasteiger partial charge in [-0.15, -0.1) is 0 Å². The van der Waals surface area contributed by atoms with Crippen molar-refractivity contribution >= 4 is 15.9 Å². The molecule has 0 fully saturated rings. The van der Waals surface area contributed by atoms with Crippen molar-refractivity contribution in [1.82, 2.24) is 5.32 Å². The lowest BCUT2D eigenvalue weighted by atomic mass is 10.1. The van der Waals surface area contributed by atoms with Crippen LogP contribution in [-0.2, 0) is 16.4 Å². The zero-order valence-electron chi connectivity index (χ0n) is 13.2. The van der Waals surface area contributed by atoms with Gasteiger partial charge in [-0.2, -0.15) is 0 Å². The summed E-state index contributed by atoms with van der Waals surface area (Å²) in [7, 11) is -3.72. The maximum absolute atomic E-state index is 12.4. The van der Waals surface area contributed by atoms with Crippen LogP contribution in [0.3, 0.4) is 0 Å². The van der Waals surface area contributed by atoms with Gasteiger partial charge >= 0.3 is 0 Å². The minimum atomic E-state index is -3.72. The lowest BCUT2D eigenvalue weighted by Gasteiger charge is -2.15. The molecule has 3 rings (SSSR count). The molecule has 1 aliphatic heterocycles. The number of hydrogen-bond donors (Lipinski definition) is 2. The Kier molecular flexibility index (Phi) is 4.29. The third-order valence-corrected chi connectivity index (χ3v) is 4.94. The Hall–Kier alpha value is -2.38. The molecule has 0 radical (unpaired) electrons. The first-order valence-electron chi connectivity index (χ1n) is 7.54. The number of carbonyl (C=O) groups excluding carboxylic acids is 1. The zero-order valence-corrected chi connectivity index (χ0v) is 14.0. The van der Waals surface area contributed by atoms with Crippen molar-refractivity contribution < 1.29 is 17.9 Å². The Morgan fingerprint density at radius 1 is 1.21 bits per heavy atom. The fraction of sp³-hybridized carbons (Fsp3) is 0.235. The average molecular weight is 346 g/mol. The number of rotatable bonds is 4. The first-order valence-corrected chi connectivity index (χ1v) is 9.08. The van der Waals surface area contributed by atoms with Gasteiger partial charge in [0, 0.05) is 12.0 Å². The predicted octanol–water partition coefficient (Wildman–Crippen LogP) is 1.76. The summed E-state index contributed by atoms with van der Waals surface area (Å²) in [6.45, 7) is 2.48. The lowest BCUT2D eigenvalue weighted by molar-refractivity contribution is 0.0940. The monoisotopic (exact) mass is 346 g/mol. The van der Waals surface area contributed by atoms with Crippen LogP contribution < -0.4 is 15.2 Å². The normalized spacial score (nSPS) is 14.6. The third kappa shape index (κ3) is 3.42. The van der Waals surface area contributed by atoms with Gasteiger partial charge in [-0.25, -0.2) is 13.6 Å². The highest BCUT2D eigenvalue weighted by molar-refractivity contribution is 7.89. The van der Waals surface area contributed by atoms with Gasteiger partial charge in [0.15, 0.2) is 0 Å². The predicted molar refractivity (Wildman–Crippen MR) is 89.3 cm³/mol. The summed E-state index contributed by atoms with van der Waals surface area (Å²) >= 11 is 0. The SMILES string of the molecule is C[C@H](NC(=O)c1ccc2c(c1)CCO2)c1ccc(S(N)(=O)=O)cc1. The smallest absolute Gasteiger partial charge is 0.251 e. The molecule has 1 amide bonds. The number of sulfonamides is 1. The van der Waals surface area contributed by atoms with Crippen LogP contribution in [-0.4, -0.2) is 20.9 Å². The molecule has 2 aromatic carbocycles. The molecule has 0 bridgehead atoms. The molecule has 2 aromatic rings. The van der Waals surface area contributed by atoms with Crippen LogP contribution in [0.2, 0.25) is 0 Å². The van der Waals surface area contributed by atoms with E-state index < -0.39 is 10.0 Å². The van der Waals surface area contributed by atoms with E-state index >= 15 is 0 Å². The van der Waals surface area contributed by atoms with Gasteiger partial charge in [-0.05, 0) is 48.4 Å². The molecular formula is C17H18N2O4S. The van der Waals surface area contributed by atoms with E-state index in [1.807, 2.05) is 19.1 Å². The number of primary sulfonamides is 1. The van der Waals surface area contributed by atoms with Crippen molar-refractivity contribution in [3.8, 4) is 5.75 Å². The van der Waals surface area contributed by atoms with E-state index in [-0.39, 0.29) is 16.8 Å². The summed E-state index contributed by atoms with van der Waals surface area (Å²) in [6, 6.07) is 11.3. The molecule has 0 aromatic heterocycles. The maximum Gasteiger partial charge on any atom is 0.251 e. The molecule has 0 unspecified atom stereocenters. The second-order valence-corrected chi connectivity index (χ2v) is 7.29. The first kappa shape index (κ1) is 16.5. The number of nitrogens with one attached hydrogen (secondary N) is 1. The minimum absolute atomic E-state index is 0.0448. The number of hydrogen-bond acceptors (Lipinski definition) is 4. The highest BCUT2D eigenvalue weighted by atomic mass is 32.2. The second kappa shape index (κ2) is 6.26. The van der Waals surface area contributed by atoms with Gasteiger partial charge in [0.2, 0.25) is 10.0 Å². The summed E-state index contributed by atoms with van der Waals surface area (Å²) in [6.07, 6.45) is 0.807. The summed E-state index contributed by atoms with van der Waals surface area (Å²) < 4.78 is 28.0. The number of amides is 1. The number of nitrogens with two attached hydrogens (primary N) is 1. The quantitative estimate of drug-likeness (QED) is 0.881. The van der Waals surface area contributed by atoms with Crippen LogP contribution in [0.1, 0.15) is 34.5 Å². The van der Waals surface area contributed by atoms with Crippen molar-refractivity contribution in [2.75, 3.05) is 6.61 Å². The van der Waals surface area contributed by atoms with E-state index in [0.717, 1.165) is 23.3 Å². The fourth-order valence-electron chi connectivity index (χ4n) is 2.64. The van der Waals surface area contributed by atoms with Crippen LogP contribution in [0.15, 0.2) is 47.4 Å². The average Bonchev–Trinajstić information content (AvgIpc) is 3.01. The molecule has 0 spiro atoms. The molecule has 6 nitrogen and oxygen atoms in total. The molecule has 1 aliphatic rings. The number of ether oxygens (including phenoxy) is 1. The Morgan fingerprint density at radius 3 is 2.58 bits per heavy atom. The molecule has 24 heavy (non-hydrogen) atoms. The fourth-order valence-corrected chi connectivity index (χ4v) is 3.15. The molecule has 3 N–H and O–H groups in total. The summed E-state index contributed by atoms with van der Waals surface area (Å²) in [5.74, 6) is 0.644. The van der Waals surface area contributed by atoms with Crippen LogP contribution in [0, 0.1) is 0 Å². The molecule has 0 saturated carbocycles. The van der Waals surface area contributed by atoms with Gasteiger partial charge < -0.3 is 10.1 Å². The van der Waals surface area contributed by atoms with Crippen molar-refractivity contribution in [3.63, 3.8) is 0 Å². The lowest BCUT2D eigenvalue weighted by Crippen LogP contribution is -2.26. The van der Waals surface area contributed by atoms with Crippen molar-refractivity contribution in [3.05, 3.63) is 59.2 Å². The van der Waals surface area contributed by atoms with E-state index in [4.69, 9.17) is 9.88 Å². The van der Waals surface area contributed by atoms with E-state index in [0.29, 0.717) is 12.2 Å². The summed E-state index contributed by atoms with van der Waals surface area (Å²) in [5.41, 5.74) is 2.40. The van der Waals surface area contributed by atoms with Crippen LogP contribution in [0.5, 0.6) is 5.75 Å². The number of fused-ring (bicyclic) bond motifs is 1. The van der Waals surface area contributed by atoms with Crippen LogP contribution in [0.4, 0.5) is 0 Å². The Balaban J connectivity index is 1.72. The summed E-state index contributed by atoms with van der Waals surface area (Å²) in [4.78, 5) is 12.4. The molecule has 0 aliphatic carbocycles. The van der Waals surface area contributed by atoms with E-state index in [2.05, 4.69) is 5.32 Å². The third-order valence-electron chi connectivity index (χ3n) is 4.01. The van der Waals surface area contributed by atoms with Crippen molar-refractivity contribution in [2.45, 2.75) is 24.3 Å². The molecule has 7 heteroatoms. The maximum atomic E-state index is 12.4. The number of benzene rings is 2. The Labute approximate surface area is 140 Å². The standard InChI is InChI=1S/C17H18N2O4S/c1-11(12-2-5-15(6-3-12)24(18,21)22)19-17(20)14-4-7-16-13(10-14)8-9-23-16/h2-7,10-11H,8-9H2,1H3,(H,19,20)(H2,18,21,22)/t11-/m0/s1. The van der Waals surface area contributed by atoms with Gasteiger partial charge in [-0.1, -0.05) is 12.1 Å². The number of carbonyl (C=O) groups is 1. The highest BCUT2D eigenvalue weighted by Crippen LogP contribution is 2.26. The molecule has 1 heterocycles. The van der Waals surface area contributed by atoms with Crippen LogP contribution in [0.25, 0.3) is 0 Å². The van der Waals surface area contributed by atoms with Gasteiger partial charge in [0.25, 0.3) is 5.91 Å². The first-order chi connectivity index (χ1) is 11.3. The van der Waals surface area contributed by atoms with Gasteiger partial charge in [0.1, 0.15) is 5.75 Å². The minimum Gasteiger partial charge on any atom is -0.493 e. The van der Waals surface area contributed by atoms with E-state index in [1.54, 1.807) is 18.2 Å². The summed E-state index contributed by atoms with van der Waals surface area (Å²) in [5, 5.41) is 7.98. The molecule has 1 atom stereocenters. The molecule has 0 saturated heterocycles. The topological polar surface area (TPSA) is 98.5 Å². The largest absolute Gasteiger partial charge is 0.493 e. The van der Waals surface area contributed by atoms with Crippen molar-refractivity contribution in [2.24, 2.45) is 5.14 Å². The highest BCUT2D eigenvalue weighted by Gasteiger charge is 2.17. The Bertz CT molecular complexity index is 876. The van der Waals surface area contributed by atoms with Crippen molar-refractivity contribution in [1.29, 1.82) is 0 Å². The Morgan fingerprint density at radius 2 is 1.92 bits per heavy atom. The molecular weight excluding hydrogens is 328 g/mol.